The van der Waals surface area contributed by atoms with E-state index in [1.54, 1.807) is 11.0 Å². The number of nitrogens with one attached hydrogen (secondary N) is 1. The van der Waals surface area contributed by atoms with E-state index >= 15 is 0 Å². The SMILES string of the molecule is Cc1cccc(C(CC(=O)N2CCOc3cc(F)ccc3C2)NC(N)=O)c1. The number of nitrogens with two attached hydrogens (primary N) is 1. The number of ether oxygens (including phenoxy) is 1. The lowest BCUT2D eigenvalue weighted by molar-refractivity contribution is -0.132. The topological polar surface area (TPSA) is 84.7 Å². The quantitative estimate of drug-likeness (QED) is 0.867. The van der Waals surface area contributed by atoms with Gasteiger partial charge >= 0.3 is 6.03 Å². The Hall–Kier alpha value is -3.09. The molecule has 2 aromatic rings. The highest BCUT2D eigenvalue weighted by atomic mass is 19.1. The van der Waals surface area contributed by atoms with Crippen LogP contribution in [-0.2, 0) is 11.3 Å². The van der Waals surface area contributed by atoms with Gasteiger partial charge in [-0.3, -0.25) is 4.79 Å². The van der Waals surface area contributed by atoms with Crippen LogP contribution < -0.4 is 15.8 Å². The van der Waals surface area contributed by atoms with Gasteiger partial charge in [-0.05, 0) is 18.6 Å². The molecule has 6 nitrogen and oxygen atoms in total. The summed E-state index contributed by atoms with van der Waals surface area (Å²) in [5.74, 6) is -0.0643. The second-order valence-corrected chi connectivity index (χ2v) is 6.60. The molecule has 2 aromatic carbocycles. The fraction of sp³-hybridized carbons (Fsp3) is 0.300. The van der Waals surface area contributed by atoms with Crippen molar-refractivity contribution < 1.29 is 18.7 Å². The second-order valence-electron chi connectivity index (χ2n) is 6.60. The van der Waals surface area contributed by atoms with E-state index in [-0.39, 0.29) is 24.8 Å². The number of carbonyl (C=O) groups is 2. The highest BCUT2D eigenvalue weighted by Crippen LogP contribution is 2.26. The van der Waals surface area contributed by atoms with Crippen molar-refractivity contribution in [1.29, 1.82) is 0 Å². The number of aryl methyl sites for hydroxylation is 1. The number of hydrogen-bond donors (Lipinski definition) is 2. The molecule has 7 heteroatoms. The average molecular weight is 371 g/mol. The minimum atomic E-state index is -0.686. The first kappa shape index (κ1) is 18.7. The van der Waals surface area contributed by atoms with E-state index in [2.05, 4.69) is 5.32 Å². The summed E-state index contributed by atoms with van der Waals surface area (Å²) in [4.78, 5) is 25.9. The van der Waals surface area contributed by atoms with E-state index in [9.17, 15) is 14.0 Å². The lowest BCUT2D eigenvalue weighted by atomic mass is 10.0. The molecule has 0 aromatic heterocycles. The molecule has 3 rings (SSSR count). The molecule has 142 valence electrons. The highest BCUT2D eigenvalue weighted by Gasteiger charge is 2.24. The number of hydrogen-bond acceptors (Lipinski definition) is 3. The Morgan fingerprint density at radius 2 is 2.11 bits per heavy atom. The van der Waals surface area contributed by atoms with Gasteiger partial charge in [0.25, 0.3) is 0 Å². The van der Waals surface area contributed by atoms with Crippen LogP contribution in [0.5, 0.6) is 5.75 Å². The van der Waals surface area contributed by atoms with Crippen molar-refractivity contribution >= 4 is 11.9 Å². The van der Waals surface area contributed by atoms with Gasteiger partial charge in [-0.2, -0.15) is 0 Å². The van der Waals surface area contributed by atoms with Crippen LogP contribution in [0.3, 0.4) is 0 Å². The van der Waals surface area contributed by atoms with Crippen molar-refractivity contribution in [3.05, 3.63) is 65.0 Å². The molecular formula is C20H22FN3O3. The zero-order valence-electron chi connectivity index (χ0n) is 15.1. The molecule has 0 saturated heterocycles. The van der Waals surface area contributed by atoms with Crippen molar-refractivity contribution in [3.8, 4) is 5.75 Å². The molecule has 0 spiro atoms. The first-order valence-electron chi connectivity index (χ1n) is 8.74. The Morgan fingerprint density at radius 3 is 2.85 bits per heavy atom. The standard InChI is InChI=1S/C20H22FN3O3/c1-13-3-2-4-14(9-13)17(23-20(22)26)11-19(25)24-7-8-27-18-10-16(21)6-5-15(18)12-24/h2-6,9-10,17H,7-8,11-12H2,1H3,(H3,22,23,26). The second kappa shape index (κ2) is 8.07. The molecule has 1 aliphatic rings. The molecule has 0 fully saturated rings. The van der Waals surface area contributed by atoms with Crippen LogP contribution in [0.2, 0.25) is 0 Å². The van der Waals surface area contributed by atoms with Gasteiger partial charge in [0.15, 0.2) is 0 Å². The van der Waals surface area contributed by atoms with Crippen molar-refractivity contribution in [2.45, 2.75) is 25.9 Å². The zero-order valence-corrected chi connectivity index (χ0v) is 15.1. The van der Waals surface area contributed by atoms with Gasteiger partial charge in [0, 0.05) is 18.2 Å². The Morgan fingerprint density at radius 1 is 1.30 bits per heavy atom. The molecule has 3 amide bonds. The predicted molar refractivity (Wildman–Crippen MR) is 98.6 cm³/mol. The van der Waals surface area contributed by atoms with Gasteiger partial charge in [0.05, 0.1) is 19.0 Å². The number of nitrogens with zero attached hydrogens (tertiary/aromatic N) is 1. The number of rotatable bonds is 4. The first-order chi connectivity index (χ1) is 12.9. The lowest BCUT2D eigenvalue weighted by Gasteiger charge is -2.24. The van der Waals surface area contributed by atoms with Crippen LogP contribution in [0.15, 0.2) is 42.5 Å². The van der Waals surface area contributed by atoms with Crippen molar-refractivity contribution in [1.82, 2.24) is 10.2 Å². The molecule has 1 aliphatic heterocycles. The molecule has 0 bridgehead atoms. The number of urea groups is 1. The van der Waals surface area contributed by atoms with Crippen LogP contribution in [0.1, 0.15) is 29.2 Å². The number of halogens is 1. The summed E-state index contributed by atoms with van der Waals surface area (Å²) in [6.07, 6.45) is 0.0723. The Labute approximate surface area is 157 Å². The fourth-order valence-electron chi connectivity index (χ4n) is 3.17. The Bertz CT molecular complexity index is 856. The fourth-order valence-corrected chi connectivity index (χ4v) is 3.17. The molecule has 27 heavy (non-hydrogen) atoms. The van der Waals surface area contributed by atoms with Crippen LogP contribution in [-0.4, -0.2) is 30.0 Å². The number of benzene rings is 2. The van der Waals surface area contributed by atoms with Gasteiger partial charge < -0.3 is 20.7 Å². The summed E-state index contributed by atoms with van der Waals surface area (Å²) in [5.41, 5.74) is 7.88. The minimum absolute atomic E-state index is 0.0723. The monoisotopic (exact) mass is 371 g/mol. The molecule has 1 unspecified atom stereocenters. The van der Waals surface area contributed by atoms with E-state index in [4.69, 9.17) is 10.5 Å². The third-order valence-electron chi connectivity index (χ3n) is 4.50. The van der Waals surface area contributed by atoms with Crippen LogP contribution in [0.4, 0.5) is 9.18 Å². The van der Waals surface area contributed by atoms with Crippen molar-refractivity contribution in [2.24, 2.45) is 5.73 Å². The maximum absolute atomic E-state index is 13.4. The smallest absolute Gasteiger partial charge is 0.312 e. The van der Waals surface area contributed by atoms with Gasteiger partial charge in [0.2, 0.25) is 5.91 Å². The average Bonchev–Trinajstić information content (AvgIpc) is 2.82. The summed E-state index contributed by atoms with van der Waals surface area (Å²) in [5, 5.41) is 2.65. The summed E-state index contributed by atoms with van der Waals surface area (Å²) in [6.45, 7) is 2.92. The third kappa shape index (κ3) is 4.75. The highest BCUT2D eigenvalue weighted by molar-refractivity contribution is 5.79. The Balaban J connectivity index is 1.76. The molecule has 1 heterocycles. The lowest BCUT2D eigenvalue weighted by Crippen LogP contribution is -2.39. The first-order valence-corrected chi connectivity index (χ1v) is 8.74. The normalized spacial score (nSPS) is 14.5. The predicted octanol–water partition coefficient (Wildman–Crippen LogP) is 2.65. The van der Waals surface area contributed by atoms with E-state index in [0.717, 1.165) is 16.7 Å². The van der Waals surface area contributed by atoms with Crippen LogP contribution in [0.25, 0.3) is 0 Å². The molecule has 0 aliphatic carbocycles. The molecule has 3 N–H and O–H groups in total. The minimum Gasteiger partial charge on any atom is -0.491 e. The van der Waals surface area contributed by atoms with Crippen LogP contribution in [0, 0.1) is 12.7 Å². The number of amides is 3. The molecule has 0 radical (unpaired) electrons. The van der Waals surface area contributed by atoms with Crippen molar-refractivity contribution in [3.63, 3.8) is 0 Å². The summed E-state index contributed by atoms with van der Waals surface area (Å²) >= 11 is 0. The molecule has 0 saturated carbocycles. The van der Waals surface area contributed by atoms with Gasteiger partial charge in [0.1, 0.15) is 18.2 Å². The van der Waals surface area contributed by atoms with Gasteiger partial charge in [-0.15, -0.1) is 0 Å². The zero-order chi connectivity index (χ0) is 19.4. The van der Waals surface area contributed by atoms with Crippen LogP contribution >= 0.6 is 0 Å². The summed E-state index contributed by atoms with van der Waals surface area (Å²) in [6, 6.07) is 10.7. The maximum Gasteiger partial charge on any atom is 0.312 e. The van der Waals surface area contributed by atoms with Gasteiger partial charge in [-0.1, -0.05) is 35.9 Å². The Kier molecular flexibility index (Phi) is 5.59. The molecular weight excluding hydrogens is 349 g/mol. The number of fused-ring (bicyclic) bond motifs is 1. The van der Waals surface area contributed by atoms with Crippen molar-refractivity contribution in [2.75, 3.05) is 13.2 Å². The van der Waals surface area contributed by atoms with Gasteiger partial charge in [-0.25, -0.2) is 9.18 Å². The third-order valence-corrected chi connectivity index (χ3v) is 4.50. The number of primary amides is 1. The maximum atomic E-state index is 13.4. The van der Waals surface area contributed by atoms with E-state index in [1.807, 2.05) is 31.2 Å². The van der Waals surface area contributed by atoms with E-state index in [0.29, 0.717) is 18.8 Å². The van der Waals surface area contributed by atoms with E-state index < -0.39 is 12.1 Å². The summed E-state index contributed by atoms with van der Waals surface area (Å²) < 4.78 is 18.9. The largest absolute Gasteiger partial charge is 0.491 e. The number of carbonyl (C=O) groups excluding carboxylic acids is 2. The molecule has 1 atom stereocenters. The van der Waals surface area contributed by atoms with E-state index in [1.165, 1.54) is 12.1 Å². The summed E-state index contributed by atoms with van der Waals surface area (Å²) in [7, 11) is 0.